The van der Waals surface area contributed by atoms with E-state index in [-0.39, 0.29) is 0 Å². The van der Waals surface area contributed by atoms with Crippen molar-refractivity contribution >= 4 is 16.8 Å². The van der Waals surface area contributed by atoms with Crippen LogP contribution >= 0.6 is 0 Å². The van der Waals surface area contributed by atoms with Gasteiger partial charge in [-0.2, -0.15) is 0 Å². The third-order valence-electron chi connectivity index (χ3n) is 3.51. The molecule has 1 aliphatic rings. The highest BCUT2D eigenvalue weighted by atomic mass is 16.3. The van der Waals surface area contributed by atoms with Crippen molar-refractivity contribution in [3.63, 3.8) is 0 Å². The third kappa shape index (κ3) is 2.88. The van der Waals surface area contributed by atoms with Crippen molar-refractivity contribution in [3.8, 4) is 0 Å². The van der Waals surface area contributed by atoms with Crippen molar-refractivity contribution in [1.82, 2.24) is 15.2 Å². The Labute approximate surface area is 113 Å². The van der Waals surface area contributed by atoms with Gasteiger partial charge in [-0.3, -0.25) is 0 Å². The summed E-state index contributed by atoms with van der Waals surface area (Å²) in [6, 6.07) is 6.55. The lowest BCUT2D eigenvalue weighted by molar-refractivity contribution is 0.244. The van der Waals surface area contributed by atoms with E-state index in [0.29, 0.717) is 11.9 Å². The van der Waals surface area contributed by atoms with Gasteiger partial charge in [0.15, 0.2) is 11.5 Å². The Morgan fingerprint density at radius 3 is 3.26 bits per heavy atom. The predicted molar refractivity (Wildman–Crippen MR) is 76.5 cm³/mol. The van der Waals surface area contributed by atoms with E-state index in [1.54, 1.807) is 0 Å². The topological polar surface area (TPSA) is 53.3 Å². The van der Waals surface area contributed by atoms with E-state index in [1.165, 1.54) is 0 Å². The monoisotopic (exact) mass is 260 g/mol. The maximum absolute atomic E-state index is 5.54. The summed E-state index contributed by atoms with van der Waals surface area (Å²) in [6.07, 6.45) is 0. The number of oxazole rings is 1. The molecule has 1 aromatic heterocycles. The van der Waals surface area contributed by atoms with E-state index in [4.69, 9.17) is 4.42 Å². The molecule has 102 valence electrons. The number of nitrogens with zero attached hydrogens (tertiary/aromatic N) is 2. The Hall–Kier alpha value is -1.59. The molecular weight excluding hydrogens is 240 g/mol. The first-order chi connectivity index (χ1) is 9.20. The molecule has 1 aliphatic heterocycles. The normalized spacial score (nSPS) is 20.8. The maximum atomic E-state index is 5.54. The molecule has 0 bridgehead atoms. The quantitative estimate of drug-likeness (QED) is 0.875. The van der Waals surface area contributed by atoms with Gasteiger partial charge in [0.2, 0.25) is 0 Å². The van der Waals surface area contributed by atoms with Crippen LogP contribution in [0.15, 0.2) is 22.6 Å². The number of aromatic nitrogens is 1. The van der Waals surface area contributed by atoms with Gasteiger partial charge >= 0.3 is 0 Å². The molecule has 1 aromatic carbocycles. The summed E-state index contributed by atoms with van der Waals surface area (Å²) >= 11 is 0. The van der Waals surface area contributed by atoms with Crippen LogP contribution in [0, 0.1) is 6.92 Å². The van der Waals surface area contributed by atoms with Crippen molar-refractivity contribution < 1.29 is 4.42 Å². The molecule has 0 radical (unpaired) electrons. The second kappa shape index (κ2) is 5.19. The maximum Gasteiger partial charge on any atom is 0.192 e. The molecule has 0 spiro atoms. The summed E-state index contributed by atoms with van der Waals surface area (Å²) < 4.78 is 5.54. The summed E-state index contributed by atoms with van der Waals surface area (Å²) in [5, 5.41) is 6.98. The Morgan fingerprint density at radius 1 is 1.53 bits per heavy atom. The number of benzene rings is 1. The second-order valence-electron chi connectivity index (χ2n) is 5.21. The van der Waals surface area contributed by atoms with Crippen molar-refractivity contribution in [2.24, 2.45) is 0 Å². The van der Waals surface area contributed by atoms with Crippen LogP contribution in [-0.4, -0.2) is 49.2 Å². The number of anilines is 1. The molecule has 5 heteroatoms. The van der Waals surface area contributed by atoms with Crippen molar-refractivity contribution in [2.45, 2.75) is 13.0 Å². The fourth-order valence-corrected chi connectivity index (χ4v) is 2.52. The molecule has 2 heterocycles. The Kier molecular flexibility index (Phi) is 3.40. The summed E-state index contributed by atoms with van der Waals surface area (Å²) in [6.45, 7) is 6.05. The first kappa shape index (κ1) is 12.4. The highest BCUT2D eigenvalue weighted by Gasteiger charge is 2.15. The van der Waals surface area contributed by atoms with Crippen LogP contribution < -0.4 is 10.6 Å². The third-order valence-corrected chi connectivity index (χ3v) is 3.51. The van der Waals surface area contributed by atoms with Gasteiger partial charge in [-0.05, 0) is 19.2 Å². The Bertz CT molecular complexity index is 566. The number of piperazine rings is 1. The lowest BCUT2D eigenvalue weighted by Gasteiger charge is -2.31. The number of hydrogen-bond acceptors (Lipinski definition) is 5. The zero-order valence-electron chi connectivity index (χ0n) is 11.4. The fourth-order valence-electron chi connectivity index (χ4n) is 2.52. The number of hydrogen-bond donors (Lipinski definition) is 2. The molecule has 0 aliphatic carbocycles. The minimum Gasteiger partial charge on any atom is -0.441 e. The largest absolute Gasteiger partial charge is 0.441 e. The molecule has 19 heavy (non-hydrogen) atoms. The number of nitrogens with one attached hydrogen (secondary N) is 2. The van der Waals surface area contributed by atoms with Crippen LogP contribution in [0.1, 0.15) is 5.89 Å². The van der Waals surface area contributed by atoms with Gasteiger partial charge in [0, 0.05) is 50.9 Å². The van der Waals surface area contributed by atoms with Crippen LogP contribution in [0.5, 0.6) is 0 Å². The highest BCUT2D eigenvalue weighted by molar-refractivity contribution is 5.77. The molecule has 3 rings (SSSR count). The van der Waals surface area contributed by atoms with E-state index in [9.17, 15) is 0 Å². The summed E-state index contributed by atoms with van der Waals surface area (Å²) in [4.78, 5) is 6.65. The average molecular weight is 260 g/mol. The minimum atomic E-state index is 0.492. The molecular formula is C14H20N4O. The van der Waals surface area contributed by atoms with E-state index in [1.807, 2.05) is 19.1 Å². The Morgan fingerprint density at radius 2 is 2.42 bits per heavy atom. The van der Waals surface area contributed by atoms with Gasteiger partial charge in [0.05, 0.1) is 0 Å². The lowest BCUT2D eigenvalue weighted by atomic mass is 10.2. The molecule has 2 N–H and O–H groups in total. The number of rotatable bonds is 3. The molecule has 1 fully saturated rings. The summed E-state index contributed by atoms with van der Waals surface area (Å²) in [5.74, 6) is 0.711. The fraction of sp³-hybridized carbons (Fsp3) is 0.500. The summed E-state index contributed by atoms with van der Waals surface area (Å²) in [7, 11) is 2.16. The van der Waals surface area contributed by atoms with E-state index in [0.717, 1.165) is 43.0 Å². The van der Waals surface area contributed by atoms with E-state index < -0.39 is 0 Å². The predicted octanol–water partition coefficient (Wildman–Crippen LogP) is 1.45. The van der Waals surface area contributed by atoms with Crippen molar-refractivity contribution in [1.29, 1.82) is 0 Å². The average Bonchev–Trinajstić information content (AvgIpc) is 2.75. The molecule has 1 unspecified atom stereocenters. The van der Waals surface area contributed by atoms with Crippen molar-refractivity contribution in [3.05, 3.63) is 24.1 Å². The summed E-state index contributed by atoms with van der Waals surface area (Å²) in [5.41, 5.74) is 2.84. The molecule has 0 saturated carbocycles. The van der Waals surface area contributed by atoms with Gasteiger partial charge in [-0.25, -0.2) is 4.98 Å². The molecule has 5 nitrogen and oxygen atoms in total. The highest BCUT2D eigenvalue weighted by Crippen LogP contribution is 2.19. The number of aryl methyl sites for hydroxylation is 1. The van der Waals surface area contributed by atoms with Gasteiger partial charge in [-0.1, -0.05) is 0 Å². The lowest BCUT2D eigenvalue weighted by Crippen LogP contribution is -2.51. The smallest absolute Gasteiger partial charge is 0.192 e. The van der Waals surface area contributed by atoms with Crippen molar-refractivity contribution in [2.75, 3.05) is 38.5 Å². The van der Waals surface area contributed by atoms with Gasteiger partial charge in [0.1, 0.15) is 5.52 Å². The van der Waals surface area contributed by atoms with E-state index in [2.05, 4.69) is 33.6 Å². The van der Waals surface area contributed by atoms with Gasteiger partial charge in [-0.15, -0.1) is 0 Å². The van der Waals surface area contributed by atoms with Crippen LogP contribution in [-0.2, 0) is 0 Å². The van der Waals surface area contributed by atoms with Crippen LogP contribution in [0.2, 0.25) is 0 Å². The first-order valence-corrected chi connectivity index (χ1v) is 6.74. The number of likely N-dealkylation sites (N-methyl/N-ethyl adjacent to an activating group) is 1. The van der Waals surface area contributed by atoms with Crippen LogP contribution in [0.4, 0.5) is 5.69 Å². The standard InChI is InChI=1S/C14H20N4O/c1-10-17-13-4-3-11(7-14(13)19-10)16-8-12-9-18(2)6-5-15-12/h3-4,7,12,15-16H,5-6,8-9H2,1-2H3. The minimum absolute atomic E-state index is 0.492. The first-order valence-electron chi connectivity index (χ1n) is 6.74. The second-order valence-corrected chi connectivity index (χ2v) is 5.21. The molecule has 0 amide bonds. The van der Waals surface area contributed by atoms with Gasteiger partial charge < -0.3 is 20.0 Å². The van der Waals surface area contributed by atoms with Crippen LogP contribution in [0.25, 0.3) is 11.1 Å². The van der Waals surface area contributed by atoms with Crippen LogP contribution in [0.3, 0.4) is 0 Å². The van der Waals surface area contributed by atoms with E-state index >= 15 is 0 Å². The molecule has 1 saturated heterocycles. The zero-order chi connectivity index (χ0) is 13.2. The number of fused-ring (bicyclic) bond motifs is 1. The SMILES string of the molecule is Cc1nc2ccc(NCC3CN(C)CCN3)cc2o1. The molecule has 2 aromatic rings. The van der Waals surface area contributed by atoms with Gasteiger partial charge in [0.25, 0.3) is 0 Å². The zero-order valence-corrected chi connectivity index (χ0v) is 11.4. The Balaban J connectivity index is 1.64. The molecule has 1 atom stereocenters.